The van der Waals surface area contributed by atoms with Crippen molar-refractivity contribution in [3.8, 4) is 5.75 Å². The number of carboxylic acid groups (broad SMARTS) is 1. The third kappa shape index (κ3) is 9.75. The van der Waals surface area contributed by atoms with Crippen LogP contribution < -0.4 is 14.9 Å². The Morgan fingerprint density at radius 2 is 1.44 bits per heavy atom. The smallest absolute Gasteiger partial charge is 0.530 e. The molecule has 1 aromatic rings. The van der Waals surface area contributed by atoms with E-state index in [9.17, 15) is 19.3 Å². The van der Waals surface area contributed by atoms with Gasteiger partial charge in [0.25, 0.3) is 0 Å². The van der Waals surface area contributed by atoms with Crippen LogP contribution in [0.2, 0.25) is 0 Å². The highest BCUT2D eigenvalue weighted by Crippen LogP contribution is 2.54. The number of carbonyl (C=O) groups is 2. The summed E-state index contributed by atoms with van der Waals surface area (Å²) in [6.07, 6.45) is 8.55. The number of rotatable bonds is 10. The molecule has 0 spiro atoms. The molecule has 0 radical (unpaired) electrons. The van der Waals surface area contributed by atoms with E-state index >= 15 is 0 Å². The molecule has 0 saturated heterocycles. The number of alkyl carbamates (subject to hydrolysis) is 1. The Morgan fingerprint density at radius 1 is 0.944 bits per heavy atom. The van der Waals surface area contributed by atoms with Gasteiger partial charge >= 0.3 is 13.9 Å². The van der Waals surface area contributed by atoms with E-state index in [4.69, 9.17) is 18.3 Å². The minimum absolute atomic E-state index is 0.0172. The van der Waals surface area contributed by atoms with Gasteiger partial charge < -0.3 is 24.5 Å². The molecule has 10 heteroatoms. The van der Waals surface area contributed by atoms with E-state index in [1.165, 1.54) is 0 Å². The number of hydrogen-bond acceptors (Lipinski definition) is 8. The van der Waals surface area contributed by atoms with Crippen LogP contribution in [-0.2, 0) is 29.6 Å². The summed E-state index contributed by atoms with van der Waals surface area (Å²) in [5.74, 6) is -1.12. The van der Waals surface area contributed by atoms with E-state index in [2.05, 4.69) is 5.32 Å². The quantitative estimate of drug-likeness (QED) is 0.422. The highest BCUT2D eigenvalue weighted by Gasteiger charge is 2.36. The van der Waals surface area contributed by atoms with Crippen LogP contribution >= 0.6 is 7.82 Å². The molecule has 2 aliphatic rings. The second-order valence-corrected chi connectivity index (χ2v) is 12.1. The Labute approximate surface area is 213 Å². The molecule has 0 aliphatic heterocycles. The van der Waals surface area contributed by atoms with Gasteiger partial charge in [-0.3, -0.25) is 9.05 Å². The van der Waals surface area contributed by atoms with Crippen molar-refractivity contribution in [1.29, 1.82) is 0 Å². The first-order chi connectivity index (χ1) is 17.0. The number of nitrogens with one attached hydrogen (secondary N) is 1. The zero-order valence-electron chi connectivity index (χ0n) is 21.5. The van der Waals surface area contributed by atoms with Gasteiger partial charge in [0.2, 0.25) is 0 Å². The van der Waals surface area contributed by atoms with E-state index in [1.54, 1.807) is 45.0 Å². The van der Waals surface area contributed by atoms with Crippen LogP contribution in [0.4, 0.5) is 4.79 Å². The van der Waals surface area contributed by atoms with Crippen molar-refractivity contribution in [3.05, 3.63) is 29.8 Å². The number of benzene rings is 1. The summed E-state index contributed by atoms with van der Waals surface area (Å²) in [5, 5.41) is 13.9. The van der Waals surface area contributed by atoms with Crippen molar-refractivity contribution in [2.24, 2.45) is 0 Å². The third-order valence-corrected chi connectivity index (χ3v) is 7.76. The third-order valence-electron chi connectivity index (χ3n) is 6.22. The molecular weight excluding hydrogens is 485 g/mol. The van der Waals surface area contributed by atoms with Crippen LogP contribution in [0.3, 0.4) is 0 Å². The minimum atomic E-state index is -3.85. The Hall–Kier alpha value is -2.09. The fourth-order valence-electron chi connectivity index (χ4n) is 4.47. The van der Waals surface area contributed by atoms with Gasteiger partial charge in [-0.05, 0) is 70.6 Å². The highest BCUT2D eigenvalue weighted by molar-refractivity contribution is 7.49. The number of carboxylic acids is 1. The number of phosphoric ester groups is 1. The monoisotopic (exact) mass is 524 g/mol. The van der Waals surface area contributed by atoms with Gasteiger partial charge in [-0.2, -0.15) is 0 Å². The Bertz CT molecular complexity index is 878. The predicted molar refractivity (Wildman–Crippen MR) is 132 cm³/mol. The van der Waals surface area contributed by atoms with Crippen LogP contribution in [0.5, 0.6) is 5.75 Å². The van der Waals surface area contributed by atoms with Crippen molar-refractivity contribution in [2.75, 3.05) is 0 Å². The number of ether oxygens (including phenoxy) is 1. The summed E-state index contributed by atoms with van der Waals surface area (Å²) >= 11 is 0. The Kier molecular flexibility index (Phi) is 10.2. The Balaban J connectivity index is 1.65. The van der Waals surface area contributed by atoms with Crippen LogP contribution in [0, 0.1) is 0 Å². The molecule has 9 nitrogen and oxygen atoms in total. The minimum Gasteiger partial charge on any atom is -0.548 e. The molecule has 2 aliphatic carbocycles. The molecule has 1 aromatic carbocycles. The number of amides is 1. The van der Waals surface area contributed by atoms with Gasteiger partial charge in [0, 0.05) is 0 Å². The largest absolute Gasteiger partial charge is 0.548 e. The number of aliphatic carboxylic acids is 1. The lowest BCUT2D eigenvalue weighted by atomic mass is 9.98. The van der Waals surface area contributed by atoms with Gasteiger partial charge in [0.05, 0.1) is 24.2 Å². The van der Waals surface area contributed by atoms with Crippen LogP contribution in [0.25, 0.3) is 0 Å². The molecule has 1 amide bonds. The summed E-state index contributed by atoms with van der Waals surface area (Å²) in [5.41, 5.74) is -0.142. The second-order valence-electron chi connectivity index (χ2n) is 10.6. The molecule has 0 aromatic heterocycles. The molecule has 1 atom stereocenters. The number of carbonyl (C=O) groups excluding carboxylic acids is 2. The highest BCUT2D eigenvalue weighted by atomic mass is 31.2. The lowest BCUT2D eigenvalue weighted by molar-refractivity contribution is -0.308. The fraction of sp³-hybridized carbons (Fsp3) is 0.692. The normalized spacial score (nSPS) is 18.9. The fourth-order valence-corrected chi connectivity index (χ4v) is 6.14. The maximum Gasteiger partial charge on any atom is 0.530 e. The predicted octanol–water partition coefficient (Wildman–Crippen LogP) is 5.06. The lowest BCUT2D eigenvalue weighted by Gasteiger charge is -2.30. The maximum atomic E-state index is 13.7. The van der Waals surface area contributed by atoms with Gasteiger partial charge in [-0.15, -0.1) is 0 Å². The zero-order valence-corrected chi connectivity index (χ0v) is 22.4. The first-order valence-electron chi connectivity index (χ1n) is 13.0. The SMILES string of the molecule is CC(C)(C)OC(=O)N[C@@H](Cc1ccc(OP(=O)(OC2CCCCC2)OC2CCCCC2)cc1)C(=O)[O-]. The van der Waals surface area contributed by atoms with Crippen LogP contribution in [-0.4, -0.2) is 35.9 Å². The maximum absolute atomic E-state index is 13.7. The lowest BCUT2D eigenvalue weighted by Crippen LogP contribution is -2.50. The van der Waals surface area contributed by atoms with Crippen LogP contribution in [0.15, 0.2) is 24.3 Å². The molecule has 2 saturated carbocycles. The molecule has 202 valence electrons. The Morgan fingerprint density at radius 3 is 1.89 bits per heavy atom. The molecule has 2 fully saturated rings. The van der Waals surface area contributed by atoms with Gasteiger partial charge in [0.15, 0.2) is 0 Å². The molecule has 0 heterocycles. The van der Waals surface area contributed by atoms with Gasteiger partial charge in [-0.1, -0.05) is 50.7 Å². The van der Waals surface area contributed by atoms with E-state index in [-0.39, 0.29) is 18.6 Å². The molecule has 1 N–H and O–H groups in total. The first kappa shape index (κ1) is 28.5. The van der Waals surface area contributed by atoms with E-state index in [0.717, 1.165) is 64.2 Å². The second kappa shape index (κ2) is 12.9. The van der Waals surface area contributed by atoms with Gasteiger partial charge in [-0.25, -0.2) is 9.36 Å². The van der Waals surface area contributed by atoms with Crippen molar-refractivity contribution in [3.63, 3.8) is 0 Å². The van der Waals surface area contributed by atoms with Crippen molar-refractivity contribution >= 4 is 19.9 Å². The zero-order chi connectivity index (χ0) is 26.2. The van der Waals surface area contributed by atoms with Crippen molar-refractivity contribution in [1.82, 2.24) is 5.32 Å². The molecular formula is C26H39NO8P-. The van der Waals surface area contributed by atoms with E-state index in [1.807, 2.05) is 0 Å². The molecule has 3 rings (SSSR count). The average molecular weight is 525 g/mol. The van der Waals surface area contributed by atoms with Crippen LogP contribution in [0.1, 0.15) is 90.5 Å². The van der Waals surface area contributed by atoms with Crippen molar-refractivity contribution in [2.45, 2.75) is 115 Å². The summed E-state index contributed by atoms with van der Waals surface area (Å²) < 4.78 is 36.6. The number of phosphoric acid groups is 1. The van der Waals surface area contributed by atoms with Crippen molar-refractivity contribution < 1.29 is 37.6 Å². The molecule has 0 unspecified atom stereocenters. The topological polar surface area (TPSA) is 123 Å². The molecule has 36 heavy (non-hydrogen) atoms. The number of hydrogen-bond donors (Lipinski definition) is 1. The summed E-state index contributed by atoms with van der Waals surface area (Å²) in [6, 6.07) is 5.20. The average Bonchev–Trinajstić information content (AvgIpc) is 2.79. The van der Waals surface area contributed by atoms with Gasteiger partial charge in [0.1, 0.15) is 11.4 Å². The summed E-state index contributed by atoms with van der Waals surface area (Å²) in [7, 11) is -3.85. The summed E-state index contributed by atoms with van der Waals surface area (Å²) in [6.45, 7) is 5.07. The standard InChI is InChI=1S/C26H40NO8P/c1-26(2,3)32-25(30)27-23(24(28)29)18-19-14-16-22(17-15-19)35-36(31,33-20-10-6-4-7-11-20)34-21-12-8-5-9-13-21/h14-17,20-21,23H,4-13,18H2,1-3H3,(H,27,30)(H,28,29)/p-1/t23-/m0/s1. The molecule has 0 bridgehead atoms. The van der Waals surface area contributed by atoms with E-state index in [0.29, 0.717) is 11.3 Å². The summed E-state index contributed by atoms with van der Waals surface area (Å²) in [4.78, 5) is 23.6. The first-order valence-corrected chi connectivity index (χ1v) is 14.4. The van der Waals surface area contributed by atoms with E-state index < -0.39 is 31.5 Å².